The van der Waals surface area contributed by atoms with Crippen LogP contribution in [0.4, 0.5) is 39.8 Å². The van der Waals surface area contributed by atoms with E-state index in [-0.39, 0.29) is 28.6 Å². The summed E-state index contributed by atoms with van der Waals surface area (Å²) in [4.78, 5) is 8.24. The molecular formula is C56H50BN3. The van der Waals surface area contributed by atoms with Crippen molar-refractivity contribution in [3.8, 4) is 0 Å². The summed E-state index contributed by atoms with van der Waals surface area (Å²) in [5.74, 6) is 0. The van der Waals surface area contributed by atoms with Crippen LogP contribution >= 0.6 is 0 Å². The third-order valence-electron chi connectivity index (χ3n) is 17.0. The Morgan fingerprint density at radius 2 is 1.03 bits per heavy atom. The van der Waals surface area contributed by atoms with Crippen molar-refractivity contribution in [2.45, 2.75) is 89.1 Å². The summed E-state index contributed by atoms with van der Waals surface area (Å²) in [5, 5.41) is 0. The standard InChI is InChI=1S/C56H50BN3/c1-35-22-25-39(26-23-35)58-48-27-24-36(2)32-46(48)57-45-20-13-19-44-52(45)60(56(6)42-17-10-8-15-38(42)29-31-54(44,56)4)50-34-40(33-49(58)51(50)57)59-47-21-12-11-18-43(47)53(3)30-28-37-14-7-9-16-41(37)55(53,59)5/h7-27,32-34H,28-31H2,1-6H3. The van der Waals surface area contributed by atoms with Gasteiger partial charge in [-0.15, -0.1) is 0 Å². The average Bonchev–Trinajstić information content (AvgIpc) is 3.62. The van der Waals surface area contributed by atoms with Gasteiger partial charge in [0, 0.05) is 50.6 Å². The molecule has 0 bridgehead atoms. The van der Waals surface area contributed by atoms with Crippen LogP contribution in [0.5, 0.6) is 0 Å². The lowest BCUT2D eigenvalue weighted by Crippen LogP contribution is -2.64. The summed E-state index contributed by atoms with van der Waals surface area (Å²) >= 11 is 0. The van der Waals surface area contributed by atoms with Crippen LogP contribution in [0.25, 0.3) is 0 Å². The van der Waals surface area contributed by atoms with Gasteiger partial charge in [-0.05, 0) is 140 Å². The molecule has 4 atom stereocenters. The maximum absolute atomic E-state index is 2.86. The summed E-state index contributed by atoms with van der Waals surface area (Å²) in [7, 11) is 0. The van der Waals surface area contributed by atoms with Crippen LogP contribution in [0.15, 0.2) is 146 Å². The number of anilines is 7. The fraction of sp³-hybridized carbons (Fsp3) is 0.250. The van der Waals surface area contributed by atoms with Gasteiger partial charge in [0.2, 0.25) is 0 Å². The number of para-hydroxylation sites is 2. The highest BCUT2D eigenvalue weighted by Gasteiger charge is 2.64. The second kappa shape index (κ2) is 11.4. The Bertz CT molecular complexity index is 3020. The molecule has 13 rings (SSSR count). The molecule has 7 aromatic rings. The van der Waals surface area contributed by atoms with Crippen molar-refractivity contribution in [2.75, 3.05) is 14.7 Å². The van der Waals surface area contributed by atoms with E-state index < -0.39 is 0 Å². The second-order valence-electron chi connectivity index (χ2n) is 19.6. The van der Waals surface area contributed by atoms with Crippen LogP contribution in [0, 0.1) is 13.8 Å². The number of fused-ring (bicyclic) bond motifs is 14. The topological polar surface area (TPSA) is 9.72 Å². The summed E-state index contributed by atoms with van der Waals surface area (Å²) < 4.78 is 0. The van der Waals surface area contributed by atoms with E-state index in [0.29, 0.717) is 0 Å². The molecular weight excluding hydrogens is 725 g/mol. The van der Waals surface area contributed by atoms with Crippen LogP contribution in [-0.2, 0) is 34.7 Å². The van der Waals surface area contributed by atoms with Crippen LogP contribution in [0.3, 0.4) is 0 Å². The first-order chi connectivity index (χ1) is 29.1. The van der Waals surface area contributed by atoms with Crippen molar-refractivity contribution in [3.63, 3.8) is 0 Å². The van der Waals surface area contributed by atoms with Crippen LogP contribution in [-0.4, -0.2) is 6.71 Å². The fourth-order valence-electron chi connectivity index (χ4n) is 13.7. The third kappa shape index (κ3) is 3.91. The lowest BCUT2D eigenvalue weighted by Gasteiger charge is -2.54. The predicted molar refractivity (Wildman–Crippen MR) is 251 cm³/mol. The van der Waals surface area contributed by atoms with Gasteiger partial charge in [-0.1, -0.05) is 134 Å². The fourth-order valence-corrected chi connectivity index (χ4v) is 13.7. The molecule has 0 radical (unpaired) electrons. The summed E-state index contributed by atoms with van der Waals surface area (Å²) in [5.41, 5.74) is 23.9. The maximum atomic E-state index is 2.86. The highest BCUT2D eigenvalue weighted by molar-refractivity contribution is 7.00. The van der Waals surface area contributed by atoms with Gasteiger partial charge in [-0.2, -0.15) is 0 Å². The molecule has 2 aliphatic carbocycles. The zero-order chi connectivity index (χ0) is 40.5. The van der Waals surface area contributed by atoms with Crippen molar-refractivity contribution in [2.24, 2.45) is 0 Å². The van der Waals surface area contributed by atoms with E-state index in [1.165, 1.54) is 101 Å². The van der Waals surface area contributed by atoms with Gasteiger partial charge < -0.3 is 14.7 Å². The Kier molecular flexibility index (Phi) is 6.63. The van der Waals surface area contributed by atoms with Gasteiger partial charge >= 0.3 is 0 Å². The molecule has 4 unspecified atom stereocenters. The molecule has 0 saturated carbocycles. The molecule has 0 spiro atoms. The summed E-state index contributed by atoms with van der Waals surface area (Å²) in [6.45, 7) is 14.8. The van der Waals surface area contributed by atoms with Gasteiger partial charge in [-0.3, -0.25) is 0 Å². The molecule has 4 aliphatic heterocycles. The number of nitrogens with zero attached hydrogens (tertiary/aromatic N) is 3. The SMILES string of the molecule is Cc1ccc(N2c3ccc(C)cc3B3c4cccc5c4N(c4cc(N6c7ccccc7C7(C)CCc8ccccc8C67C)cc2c43)C2(C)c3ccccc3CCC52C)cc1. The van der Waals surface area contributed by atoms with E-state index in [9.17, 15) is 0 Å². The average molecular weight is 776 g/mol. The van der Waals surface area contributed by atoms with E-state index in [0.717, 1.165) is 25.7 Å². The largest absolute Gasteiger partial charge is 0.331 e. The van der Waals surface area contributed by atoms with E-state index in [2.05, 4.69) is 202 Å². The molecule has 3 nitrogen and oxygen atoms in total. The lowest BCUT2D eigenvalue weighted by atomic mass is 9.33. The maximum Gasteiger partial charge on any atom is 0.252 e. The van der Waals surface area contributed by atoms with E-state index in [1.54, 1.807) is 0 Å². The monoisotopic (exact) mass is 775 g/mol. The van der Waals surface area contributed by atoms with E-state index >= 15 is 0 Å². The van der Waals surface area contributed by atoms with Gasteiger partial charge in [-0.25, -0.2) is 0 Å². The molecule has 0 aromatic heterocycles. The zero-order valence-electron chi connectivity index (χ0n) is 35.6. The summed E-state index contributed by atoms with van der Waals surface area (Å²) in [6, 6.07) is 57.0. The van der Waals surface area contributed by atoms with Gasteiger partial charge in [0.15, 0.2) is 0 Å². The minimum Gasteiger partial charge on any atom is -0.331 e. The molecule has 0 fully saturated rings. The smallest absolute Gasteiger partial charge is 0.252 e. The molecule has 0 amide bonds. The highest BCUT2D eigenvalue weighted by Crippen LogP contribution is 2.67. The Morgan fingerprint density at radius 3 is 1.75 bits per heavy atom. The molecule has 4 heterocycles. The highest BCUT2D eigenvalue weighted by atomic mass is 15.3. The van der Waals surface area contributed by atoms with Crippen molar-refractivity contribution in [1.29, 1.82) is 0 Å². The molecule has 7 aromatic carbocycles. The van der Waals surface area contributed by atoms with Crippen molar-refractivity contribution in [3.05, 3.63) is 190 Å². The Labute approximate surface area is 355 Å². The quantitative estimate of drug-likeness (QED) is 0.162. The molecule has 4 heteroatoms. The predicted octanol–water partition coefficient (Wildman–Crippen LogP) is 11.5. The zero-order valence-corrected chi connectivity index (χ0v) is 35.6. The second-order valence-corrected chi connectivity index (χ2v) is 19.6. The molecule has 292 valence electrons. The number of benzene rings is 7. The van der Waals surface area contributed by atoms with Gasteiger partial charge in [0.25, 0.3) is 6.71 Å². The summed E-state index contributed by atoms with van der Waals surface area (Å²) in [6.07, 6.45) is 4.39. The first-order valence-electron chi connectivity index (χ1n) is 22.2. The first kappa shape index (κ1) is 34.8. The van der Waals surface area contributed by atoms with Crippen molar-refractivity contribution >= 4 is 62.9 Å². The molecule has 0 saturated heterocycles. The number of hydrogen-bond donors (Lipinski definition) is 0. The third-order valence-corrected chi connectivity index (χ3v) is 17.0. The Balaban J connectivity index is 1.18. The molecule has 0 N–H and O–H groups in total. The first-order valence-corrected chi connectivity index (χ1v) is 22.2. The number of aryl methyl sites for hydroxylation is 4. The lowest BCUT2D eigenvalue weighted by molar-refractivity contribution is 0.244. The van der Waals surface area contributed by atoms with Crippen molar-refractivity contribution in [1.82, 2.24) is 0 Å². The molecule has 6 aliphatic rings. The van der Waals surface area contributed by atoms with Gasteiger partial charge in [0.1, 0.15) is 0 Å². The van der Waals surface area contributed by atoms with Crippen LogP contribution < -0.4 is 31.1 Å². The Hall–Kier alpha value is -6.00. The number of rotatable bonds is 2. The minimum atomic E-state index is -0.317. The van der Waals surface area contributed by atoms with Gasteiger partial charge in [0.05, 0.1) is 11.1 Å². The Morgan fingerprint density at radius 1 is 0.450 bits per heavy atom. The molecule has 60 heavy (non-hydrogen) atoms. The van der Waals surface area contributed by atoms with E-state index in [4.69, 9.17) is 0 Å². The van der Waals surface area contributed by atoms with Crippen molar-refractivity contribution < 1.29 is 0 Å². The normalized spacial score (nSPS) is 25.7. The van der Waals surface area contributed by atoms with Crippen LogP contribution in [0.1, 0.15) is 85.0 Å². The number of hydrogen-bond acceptors (Lipinski definition) is 3. The van der Waals surface area contributed by atoms with E-state index in [1.807, 2.05) is 0 Å². The minimum absolute atomic E-state index is 0.0886. The van der Waals surface area contributed by atoms with Crippen LogP contribution in [0.2, 0.25) is 0 Å².